The fourth-order valence-corrected chi connectivity index (χ4v) is 7.46. The monoisotopic (exact) mass is 479 g/mol. The number of aromatic nitrogens is 2. The fraction of sp³-hybridized carbons (Fsp3) is 0.565. The number of rotatable bonds is 6. The third kappa shape index (κ3) is 4.24. The Morgan fingerprint density at radius 1 is 1.34 bits per heavy atom. The highest BCUT2D eigenvalue weighted by Gasteiger charge is 2.51. The van der Waals surface area contributed by atoms with Crippen LogP contribution in [0, 0.1) is 17.7 Å². The molecule has 3 saturated carbocycles. The van der Waals surface area contributed by atoms with E-state index in [2.05, 4.69) is 10.3 Å². The smallest absolute Gasteiger partial charge is 0.274 e. The van der Waals surface area contributed by atoms with Gasteiger partial charge in [0.05, 0.1) is 28.4 Å². The summed E-state index contributed by atoms with van der Waals surface area (Å²) in [6.45, 7) is 0. The maximum Gasteiger partial charge on any atom is 0.274 e. The summed E-state index contributed by atoms with van der Waals surface area (Å²) in [5.74, 6) is 0.403. The van der Waals surface area contributed by atoms with Gasteiger partial charge in [-0.15, -0.1) is 0 Å². The zero-order chi connectivity index (χ0) is 22.6. The summed E-state index contributed by atoms with van der Waals surface area (Å²) >= 11 is 5.83. The van der Waals surface area contributed by atoms with Crippen LogP contribution in [0.1, 0.15) is 60.6 Å². The van der Waals surface area contributed by atoms with Crippen molar-refractivity contribution in [3.05, 3.63) is 46.8 Å². The van der Waals surface area contributed by atoms with E-state index in [0.717, 1.165) is 31.4 Å². The van der Waals surface area contributed by atoms with Gasteiger partial charge >= 0.3 is 0 Å². The third-order valence-electron chi connectivity index (χ3n) is 7.18. The first-order valence-corrected chi connectivity index (χ1v) is 12.9. The van der Waals surface area contributed by atoms with Crippen LogP contribution in [0.2, 0.25) is 5.02 Å². The van der Waals surface area contributed by atoms with Crippen LogP contribution in [0.25, 0.3) is 0 Å². The minimum atomic E-state index is -0.923. The lowest BCUT2D eigenvalue weighted by atomic mass is 9.93. The molecule has 6 nitrogen and oxygen atoms in total. The molecule has 3 atom stereocenters. The Kier molecular flexibility index (Phi) is 5.66. The molecule has 1 amide bonds. The summed E-state index contributed by atoms with van der Waals surface area (Å²) in [5.41, 5.74) is 0.851. The Hall–Kier alpha value is -1.77. The van der Waals surface area contributed by atoms with Gasteiger partial charge in [0, 0.05) is 34.7 Å². The lowest BCUT2D eigenvalue weighted by Crippen LogP contribution is -2.34. The quantitative estimate of drug-likeness (QED) is 0.655. The highest BCUT2D eigenvalue weighted by atomic mass is 35.5. The summed E-state index contributed by atoms with van der Waals surface area (Å²) < 4.78 is 27.5. The van der Waals surface area contributed by atoms with E-state index in [1.54, 1.807) is 17.9 Å². The van der Waals surface area contributed by atoms with E-state index in [-0.39, 0.29) is 22.1 Å². The van der Waals surface area contributed by atoms with Crippen LogP contribution in [-0.4, -0.2) is 41.4 Å². The number of fused-ring (bicyclic) bond motifs is 1. The molecule has 3 fully saturated rings. The molecule has 1 aromatic heterocycles. The minimum Gasteiger partial charge on any atom is -0.389 e. The molecule has 9 heteroatoms. The summed E-state index contributed by atoms with van der Waals surface area (Å²) in [4.78, 5) is 17.6. The number of nitrogens with zero attached hydrogens (tertiary/aromatic N) is 2. The molecule has 0 saturated heterocycles. The van der Waals surface area contributed by atoms with E-state index in [9.17, 15) is 18.5 Å². The maximum absolute atomic E-state index is 13.4. The van der Waals surface area contributed by atoms with Crippen molar-refractivity contribution in [1.82, 2.24) is 9.55 Å². The van der Waals surface area contributed by atoms with E-state index < -0.39 is 22.2 Å². The number of halogens is 2. The van der Waals surface area contributed by atoms with Gasteiger partial charge in [0.25, 0.3) is 5.91 Å². The molecule has 3 aliphatic rings. The molecule has 2 N–H and O–H groups in total. The molecule has 5 rings (SSSR count). The first-order valence-electron chi connectivity index (χ1n) is 11.1. The summed E-state index contributed by atoms with van der Waals surface area (Å²) in [7, 11) is 0.859. The third-order valence-corrected chi connectivity index (χ3v) is 9.50. The number of hydrogen-bond acceptors (Lipinski definition) is 4. The molecular formula is C23H27ClFN3O3S. The van der Waals surface area contributed by atoms with E-state index in [1.165, 1.54) is 18.2 Å². The van der Waals surface area contributed by atoms with Crippen LogP contribution in [0.3, 0.4) is 0 Å². The molecule has 2 aromatic rings. The number of imidazole rings is 1. The molecule has 0 bridgehead atoms. The molecular weight excluding hydrogens is 453 g/mol. The molecule has 1 heterocycles. The zero-order valence-electron chi connectivity index (χ0n) is 17.9. The van der Waals surface area contributed by atoms with Gasteiger partial charge in [-0.3, -0.25) is 9.00 Å². The summed E-state index contributed by atoms with van der Waals surface area (Å²) in [6, 6.07) is 4.08. The highest BCUT2D eigenvalue weighted by molar-refractivity contribution is 7.86. The van der Waals surface area contributed by atoms with Crippen molar-refractivity contribution < 1.29 is 18.5 Å². The Morgan fingerprint density at radius 2 is 2.03 bits per heavy atom. The number of aryl methyl sites for hydroxylation is 1. The lowest BCUT2D eigenvalue weighted by Gasteiger charge is -2.24. The number of amides is 1. The highest BCUT2D eigenvalue weighted by Crippen LogP contribution is 2.54. The fourth-order valence-electron chi connectivity index (χ4n) is 5.61. The molecule has 172 valence electrons. The van der Waals surface area contributed by atoms with E-state index in [4.69, 9.17) is 11.6 Å². The minimum absolute atomic E-state index is 0.0493. The maximum atomic E-state index is 13.4. The number of hydrogen-bond donors (Lipinski definition) is 2. The number of anilines is 1. The predicted molar refractivity (Wildman–Crippen MR) is 122 cm³/mol. The zero-order valence-corrected chi connectivity index (χ0v) is 19.5. The van der Waals surface area contributed by atoms with Gasteiger partial charge < -0.3 is 15.0 Å². The van der Waals surface area contributed by atoms with Crippen molar-refractivity contribution in [2.45, 2.75) is 55.3 Å². The van der Waals surface area contributed by atoms with Crippen molar-refractivity contribution >= 4 is 34.0 Å². The summed E-state index contributed by atoms with van der Waals surface area (Å²) in [6.07, 6.45) is 6.76. The normalized spacial score (nSPS) is 30.3. The van der Waals surface area contributed by atoms with Crippen LogP contribution in [0.5, 0.6) is 0 Å². The Balaban J connectivity index is 1.28. The second-order valence-corrected chi connectivity index (χ2v) is 11.8. The van der Waals surface area contributed by atoms with Crippen LogP contribution < -0.4 is 5.32 Å². The average Bonchev–Trinajstić information content (AvgIpc) is 3.31. The van der Waals surface area contributed by atoms with Gasteiger partial charge in [-0.25, -0.2) is 9.37 Å². The van der Waals surface area contributed by atoms with Gasteiger partial charge in [0.15, 0.2) is 0 Å². The van der Waals surface area contributed by atoms with Gasteiger partial charge in [-0.1, -0.05) is 11.6 Å². The van der Waals surface area contributed by atoms with Crippen molar-refractivity contribution in [3.8, 4) is 0 Å². The topological polar surface area (TPSA) is 84.2 Å². The van der Waals surface area contributed by atoms with Crippen molar-refractivity contribution in [2.24, 2.45) is 18.9 Å². The van der Waals surface area contributed by atoms with Crippen LogP contribution >= 0.6 is 11.6 Å². The van der Waals surface area contributed by atoms with E-state index >= 15 is 0 Å². The molecule has 0 radical (unpaired) electrons. The van der Waals surface area contributed by atoms with Crippen molar-refractivity contribution in [3.63, 3.8) is 0 Å². The number of aliphatic hydroxyl groups is 1. The molecule has 3 aliphatic carbocycles. The average molecular weight is 480 g/mol. The molecule has 1 aromatic carbocycles. The predicted octanol–water partition coefficient (Wildman–Crippen LogP) is 4.01. The van der Waals surface area contributed by atoms with E-state index in [0.29, 0.717) is 41.8 Å². The van der Waals surface area contributed by atoms with Gasteiger partial charge in [-0.05, 0) is 68.6 Å². The first-order chi connectivity index (χ1) is 15.2. The van der Waals surface area contributed by atoms with Gasteiger partial charge in [-0.2, -0.15) is 0 Å². The molecule has 0 spiro atoms. The SMILES string of the molecule is Cn1cnc(C2CC3CC(O)(CS(=O)C4CC4)CC3C2)c1C(=O)Nc1ccc(F)c(Cl)c1. The summed E-state index contributed by atoms with van der Waals surface area (Å²) in [5, 5.41) is 14.1. The Bertz CT molecular complexity index is 1070. The van der Waals surface area contributed by atoms with Crippen molar-refractivity contribution in [1.29, 1.82) is 0 Å². The molecule has 32 heavy (non-hydrogen) atoms. The van der Waals surface area contributed by atoms with Crippen LogP contribution in [0.15, 0.2) is 24.5 Å². The first kappa shape index (κ1) is 22.0. The Morgan fingerprint density at radius 3 is 2.66 bits per heavy atom. The number of nitrogens with one attached hydrogen (secondary N) is 1. The van der Waals surface area contributed by atoms with Crippen molar-refractivity contribution in [2.75, 3.05) is 11.1 Å². The number of carbonyl (C=O) groups is 1. The lowest BCUT2D eigenvalue weighted by molar-refractivity contribution is 0.0620. The molecule has 0 aliphatic heterocycles. The second kappa shape index (κ2) is 8.22. The second-order valence-electron chi connectivity index (χ2n) is 9.72. The van der Waals surface area contributed by atoms with E-state index in [1.807, 2.05) is 0 Å². The van der Waals surface area contributed by atoms with Crippen LogP contribution in [-0.2, 0) is 17.8 Å². The van der Waals surface area contributed by atoms with Gasteiger partial charge in [0.1, 0.15) is 11.5 Å². The van der Waals surface area contributed by atoms with Gasteiger partial charge in [0.2, 0.25) is 0 Å². The van der Waals surface area contributed by atoms with Crippen LogP contribution in [0.4, 0.5) is 10.1 Å². The standard InChI is InChI=1S/C23H27ClFN3O3S/c1-28-12-26-20(21(28)22(29)27-16-2-5-19(25)18(24)8-16)13-6-14-9-23(30,10-15(14)7-13)11-32(31)17-3-4-17/h2,5,8,12-15,17,30H,3-4,6-7,9-11H2,1H3,(H,27,29). The number of carbonyl (C=O) groups excluding carboxylic acids is 1. The largest absolute Gasteiger partial charge is 0.389 e. The molecule has 3 unspecified atom stereocenters. The Labute approximate surface area is 194 Å². The number of benzene rings is 1.